The van der Waals surface area contributed by atoms with Gasteiger partial charge >= 0.3 is 0 Å². The third-order valence-corrected chi connectivity index (χ3v) is 3.94. The highest BCUT2D eigenvalue weighted by molar-refractivity contribution is 5.14. The van der Waals surface area contributed by atoms with Crippen LogP contribution < -0.4 is 5.32 Å². The molecule has 1 N–H and O–H groups in total. The molecule has 1 saturated heterocycles. The lowest BCUT2D eigenvalue weighted by Crippen LogP contribution is -2.13. The van der Waals surface area contributed by atoms with Crippen molar-refractivity contribution in [1.29, 1.82) is 0 Å². The van der Waals surface area contributed by atoms with Crippen LogP contribution in [0, 0.1) is 5.92 Å². The number of rotatable bonds is 3. The maximum absolute atomic E-state index is 4.51. The Morgan fingerprint density at radius 3 is 2.56 bits per heavy atom. The van der Waals surface area contributed by atoms with E-state index in [0.717, 1.165) is 37.2 Å². The molecule has 1 aliphatic heterocycles. The maximum Gasteiger partial charge on any atom is 0.128 e. The fourth-order valence-corrected chi connectivity index (χ4v) is 2.57. The molecular weight excluding hydrogens is 198 g/mol. The minimum absolute atomic E-state index is 0.745. The number of nitrogens with zero attached hydrogens (tertiary/aromatic N) is 2. The van der Waals surface area contributed by atoms with Crippen LogP contribution in [-0.2, 0) is 6.42 Å². The third-order valence-electron chi connectivity index (χ3n) is 3.94. The van der Waals surface area contributed by atoms with E-state index < -0.39 is 0 Å². The van der Waals surface area contributed by atoms with E-state index >= 15 is 0 Å². The summed E-state index contributed by atoms with van der Waals surface area (Å²) in [5.74, 6) is 2.52. The van der Waals surface area contributed by atoms with Gasteiger partial charge in [-0.15, -0.1) is 0 Å². The fourth-order valence-electron chi connectivity index (χ4n) is 2.57. The Bertz CT molecular complexity index is 337. The van der Waals surface area contributed by atoms with Crippen LogP contribution in [0.4, 0.5) is 0 Å². The first-order valence-corrected chi connectivity index (χ1v) is 6.43. The first kappa shape index (κ1) is 10.2. The van der Waals surface area contributed by atoms with Crippen LogP contribution in [-0.4, -0.2) is 23.1 Å². The maximum atomic E-state index is 4.51. The van der Waals surface area contributed by atoms with Gasteiger partial charge in [0.2, 0.25) is 0 Å². The monoisotopic (exact) mass is 217 g/mol. The van der Waals surface area contributed by atoms with Crippen LogP contribution in [0.15, 0.2) is 12.4 Å². The lowest BCUT2D eigenvalue weighted by Gasteiger charge is -2.25. The number of hydrogen-bond acceptors (Lipinski definition) is 3. The Morgan fingerprint density at radius 1 is 1.19 bits per heavy atom. The third kappa shape index (κ3) is 2.09. The van der Waals surface area contributed by atoms with Crippen LogP contribution in [0.5, 0.6) is 0 Å². The van der Waals surface area contributed by atoms with Crippen LogP contribution in [0.25, 0.3) is 0 Å². The van der Waals surface area contributed by atoms with E-state index in [-0.39, 0.29) is 0 Å². The van der Waals surface area contributed by atoms with Crippen molar-refractivity contribution in [2.24, 2.45) is 5.92 Å². The molecule has 1 saturated carbocycles. The fraction of sp³-hybridized carbons (Fsp3) is 0.692. The second kappa shape index (κ2) is 4.50. The van der Waals surface area contributed by atoms with E-state index in [1.165, 1.54) is 31.2 Å². The lowest BCUT2D eigenvalue weighted by molar-refractivity contribution is 0.417. The van der Waals surface area contributed by atoms with Gasteiger partial charge in [-0.1, -0.05) is 6.42 Å². The van der Waals surface area contributed by atoms with Gasteiger partial charge in [0, 0.05) is 18.8 Å². The van der Waals surface area contributed by atoms with Crippen molar-refractivity contribution in [1.82, 2.24) is 15.3 Å². The minimum atomic E-state index is 0.745. The summed E-state index contributed by atoms with van der Waals surface area (Å²) in [4.78, 5) is 9.01. The van der Waals surface area contributed by atoms with Crippen LogP contribution in [0.3, 0.4) is 0 Å². The van der Waals surface area contributed by atoms with Gasteiger partial charge in [0.1, 0.15) is 5.82 Å². The van der Waals surface area contributed by atoms with Gasteiger partial charge in [0.25, 0.3) is 0 Å². The highest BCUT2D eigenvalue weighted by Crippen LogP contribution is 2.35. The molecule has 1 aromatic rings. The molecule has 16 heavy (non-hydrogen) atoms. The molecule has 1 atom stereocenters. The van der Waals surface area contributed by atoms with Gasteiger partial charge in [-0.3, -0.25) is 0 Å². The molecule has 1 aliphatic carbocycles. The van der Waals surface area contributed by atoms with Crippen molar-refractivity contribution in [2.45, 2.75) is 38.0 Å². The Hall–Kier alpha value is -0.960. The van der Waals surface area contributed by atoms with E-state index in [9.17, 15) is 0 Å². The molecule has 0 radical (unpaired) electrons. The average molecular weight is 217 g/mol. The molecule has 3 nitrogen and oxygen atoms in total. The molecule has 2 heterocycles. The molecule has 0 bridgehead atoms. The smallest absolute Gasteiger partial charge is 0.128 e. The molecule has 1 unspecified atom stereocenters. The highest BCUT2D eigenvalue weighted by Gasteiger charge is 2.20. The van der Waals surface area contributed by atoms with Gasteiger partial charge in [0.15, 0.2) is 0 Å². The van der Waals surface area contributed by atoms with Crippen LogP contribution in [0.2, 0.25) is 0 Å². The predicted molar refractivity (Wildman–Crippen MR) is 63.3 cm³/mol. The van der Waals surface area contributed by atoms with Crippen molar-refractivity contribution in [3.8, 4) is 0 Å². The summed E-state index contributed by atoms with van der Waals surface area (Å²) >= 11 is 0. The zero-order chi connectivity index (χ0) is 10.8. The zero-order valence-electron chi connectivity index (χ0n) is 9.65. The quantitative estimate of drug-likeness (QED) is 0.840. The van der Waals surface area contributed by atoms with Gasteiger partial charge in [-0.05, 0) is 49.8 Å². The van der Waals surface area contributed by atoms with Crippen LogP contribution in [0.1, 0.15) is 43.0 Å². The van der Waals surface area contributed by atoms with Crippen molar-refractivity contribution in [3.05, 3.63) is 23.8 Å². The van der Waals surface area contributed by atoms with Crippen molar-refractivity contribution < 1.29 is 0 Å². The first-order valence-electron chi connectivity index (χ1n) is 6.43. The van der Waals surface area contributed by atoms with Gasteiger partial charge in [-0.2, -0.15) is 0 Å². The molecule has 2 aliphatic rings. The van der Waals surface area contributed by atoms with Crippen LogP contribution >= 0.6 is 0 Å². The van der Waals surface area contributed by atoms with E-state index in [1.54, 1.807) is 0 Å². The van der Waals surface area contributed by atoms with E-state index in [1.807, 2.05) is 0 Å². The van der Waals surface area contributed by atoms with E-state index in [4.69, 9.17) is 0 Å². The topological polar surface area (TPSA) is 37.8 Å². The molecule has 2 fully saturated rings. The Balaban J connectivity index is 1.62. The summed E-state index contributed by atoms with van der Waals surface area (Å²) in [5.41, 5.74) is 1.35. The SMILES string of the molecule is c1nc(CC2CCNC2)ncc1C1CCC1. The Labute approximate surface area is 96.7 Å². The number of nitrogens with one attached hydrogen (secondary N) is 1. The molecule has 0 amide bonds. The molecule has 3 rings (SSSR count). The summed E-state index contributed by atoms with van der Waals surface area (Å²) < 4.78 is 0. The summed E-state index contributed by atoms with van der Waals surface area (Å²) in [7, 11) is 0. The predicted octanol–water partition coefficient (Wildman–Crippen LogP) is 1.90. The van der Waals surface area contributed by atoms with Gasteiger partial charge < -0.3 is 5.32 Å². The van der Waals surface area contributed by atoms with E-state index in [2.05, 4.69) is 27.7 Å². The summed E-state index contributed by atoms with van der Waals surface area (Å²) in [5, 5.41) is 3.38. The van der Waals surface area contributed by atoms with Crippen molar-refractivity contribution in [3.63, 3.8) is 0 Å². The summed E-state index contributed by atoms with van der Waals surface area (Å²) in [6.45, 7) is 2.29. The summed E-state index contributed by atoms with van der Waals surface area (Å²) in [6, 6.07) is 0. The minimum Gasteiger partial charge on any atom is -0.316 e. The zero-order valence-corrected chi connectivity index (χ0v) is 9.65. The molecule has 0 aromatic carbocycles. The Morgan fingerprint density at radius 2 is 2.00 bits per heavy atom. The second-order valence-corrected chi connectivity index (χ2v) is 5.12. The van der Waals surface area contributed by atoms with Gasteiger partial charge in [-0.25, -0.2) is 9.97 Å². The molecule has 86 valence electrons. The van der Waals surface area contributed by atoms with Crippen molar-refractivity contribution in [2.75, 3.05) is 13.1 Å². The highest BCUT2D eigenvalue weighted by atomic mass is 14.9. The normalized spacial score (nSPS) is 25.6. The molecular formula is C13H19N3. The standard InChI is InChI=1S/C13H19N3/c1-2-11(3-1)12-8-15-13(16-9-12)6-10-4-5-14-7-10/h8-11,14H,1-7H2. The van der Waals surface area contributed by atoms with Crippen molar-refractivity contribution >= 4 is 0 Å². The number of hydrogen-bond donors (Lipinski definition) is 1. The molecule has 1 aromatic heterocycles. The molecule has 3 heteroatoms. The van der Waals surface area contributed by atoms with E-state index in [0.29, 0.717) is 0 Å². The first-order chi connectivity index (χ1) is 7.92. The summed E-state index contributed by atoms with van der Waals surface area (Å²) in [6.07, 6.45) is 10.4. The van der Waals surface area contributed by atoms with Gasteiger partial charge in [0.05, 0.1) is 0 Å². The Kier molecular flexibility index (Phi) is 2.87. The second-order valence-electron chi connectivity index (χ2n) is 5.12. The number of aromatic nitrogens is 2. The largest absolute Gasteiger partial charge is 0.316 e. The molecule has 0 spiro atoms. The lowest BCUT2D eigenvalue weighted by atomic mass is 9.81. The average Bonchev–Trinajstić information content (AvgIpc) is 2.71.